The van der Waals surface area contributed by atoms with Gasteiger partial charge in [-0.1, -0.05) is 17.7 Å². The quantitative estimate of drug-likeness (QED) is 0.856. The second-order valence-electron chi connectivity index (χ2n) is 6.12. The van der Waals surface area contributed by atoms with E-state index in [1.807, 2.05) is 6.92 Å². The Hall–Kier alpha value is -2.19. The Labute approximate surface area is 151 Å². The van der Waals surface area contributed by atoms with Crippen LogP contribution in [0.5, 0.6) is 5.75 Å². The van der Waals surface area contributed by atoms with Gasteiger partial charge in [0, 0.05) is 25.0 Å². The average molecular weight is 383 g/mol. The number of anilines is 1. The van der Waals surface area contributed by atoms with Crippen LogP contribution >= 0.6 is 0 Å². The van der Waals surface area contributed by atoms with Crippen molar-refractivity contribution in [2.45, 2.75) is 30.8 Å². The Kier molecular flexibility index (Phi) is 5.43. The predicted molar refractivity (Wildman–Crippen MR) is 92.8 cm³/mol. The number of benzene rings is 2. The van der Waals surface area contributed by atoms with E-state index in [0.717, 1.165) is 17.7 Å². The maximum Gasteiger partial charge on any atom is 0.261 e. The molecule has 8 heteroatoms. The third-order valence-corrected chi connectivity index (χ3v) is 5.43. The van der Waals surface area contributed by atoms with E-state index in [1.165, 1.54) is 12.1 Å². The van der Waals surface area contributed by atoms with Crippen LogP contribution in [-0.2, 0) is 14.8 Å². The van der Waals surface area contributed by atoms with Crippen molar-refractivity contribution < 1.29 is 26.7 Å². The zero-order valence-electron chi connectivity index (χ0n) is 14.2. The van der Waals surface area contributed by atoms with Gasteiger partial charge in [0.05, 0.1) is 23.8 Å². The molecule has 5 nitrogen and oxygen atoms in total. The Morgan fingerprint density at radius 1 is 1.08 bits per heavy atom. The minimum Gasteiger partial charge on any atom is -0.484 e. The van der Waals surface area contributed by atoms with Crippen molar-refractivity contribution in [2.24, 2.45) is 0 Å². The molecule has 0 amide bonds. The fourth-order valence-electron chi connectivity index (χ4n) is 2.62. The molecule has 140 valence electrons. The molecule has 26 heavy (non-hydrogen) atoms. The summed E-state index contributed by atoms with van der Waals surface area (Å²) in [5, 5.41) is 0. The molecule has 0 radical (unpaired) electrons. The van der Waals surface area contributed by atoms with Gasteiger partial charge in [0.1, 0.15) is 6.10 Å². The maximum atomic E-state index is 14.3. The van der Waals surface area contributed by atoms with E-state index in [2.05, 4.69) is 4.72 Å². The third kappa shape index (κ3) is 4.31. The van der Waals surface area contributed by atoms with E-state index in [0.29, 0.717) is 26.1 Å². The Bertz CT molecular complexity index is 856. The molecule has 1 aliphatic rings. The van der Waals surface area contributed by atoms with Gasteiger partial charge in [0.25, 0.3) is 10.0 Å². The summed E-state index contributed by atoms with van der Waals surface area (Å²) in [7, 11) is -3.94. The highest BCUT2D eigenvalue weighted by Gasteiger charge is 2.22. The highest BCUT2D eigenvalue weighted by atomic mass is 32.2. The second-order valence-corrected chi connectivity index (χ2v) is 7.80. The van der Waals surface area contributed by atoms with Crippen LogP contribution in [0.4, 0.5) is 14.5 Å². The summed E-state index contributed by atoms with van der Waals surface area (Å²) in [6.45, 7) is 2.77. The lowest BCUT2D eigenvalue weighted by molar-refractivity contribution is 0.0223. The smallest absolute Gasteiger partial charge is 0.261 e. The van der Waals surface area contributed by atoms with E-state index in [4.69, 9.17) is 9.47 Å². The van der Waals surface area contributed by atoms with E-state index in [-0.39, 0.29) is 16.7 Å². The maximum absolute atomic E-state index is 14.3. The SMILES string of the molecule is Cc1ccc(S(=O)(=O)Nc2cc(F)c(OC3CCOCC3)c(F)c2)cc1. The van der Waals surface area contributed by atoms with Crippen molar-refractivity contribution >= 4 is 15.7 Å². The first-order chi connectivity index (χ1) is 12.3. The van der Waals surface area contributed by atoms with E-state index < -0.39 is 27.4 Å². The summed E-state index contributed by atoms with van der Waals surface area (Å²) in [6.07, 6.45) is 0.754. The number of hydrogen-bond donors (Lipinski definition) is 1. The first-order valence-electron chi connectivity index (χ1n) is 8.18. The van der Waals surface area contributed by atoms with Gasteiger partial charge in [-0.3, -0.25) is 4.72 Å². The predicted octanol–water partition coefficient (Wildman–Crippen LogP) is 3.63. The lowest BCUT2D eigenvalue weighted by Crippen LogP contribution is -2.26. The largest absolute Gasteiger partial charge is 0.484 e. The van der Waals surface area contributed by atoms with E-state index in [1.54, 1.807) is 12.1 Å². The van der Waals surface area contributed by atoms with Gasteiger partial charge in [-0.2, -0.15) is 0 Å². The summed E-state index contributed by atoms with van der Waals surface area (Å²) in [4.78, 5) is 0.00597. The number of ether oxygens (including phenoxy) is 2. The first kappa shape index (κ1) is 18.6. The van der Waals surface area contributed by atoms with Gasteiger partial charge in [-0.05, 0) is 19.1 Å². The normalized spacial score (nSPS) is 15.7. The number of hydrogen-bond acceptors (Lipinski definition) is 4. The van der Waals surface area contributed by atoms with Crippen LogP contribution in [-0.4, -0.2) is 27.7 Å². The fraction of sp³-hybridized carbons (Fsp3) is 0.333. The van der Waals surface area contributed by atoms with Gasteiger partial charge in [-0.25, -0.2) is 17.2 Å². The molecule has 2 aromatic carbocycles. The topological polar surface area (TPSA) is 64.6 Å². The van der Waals surface area contributed by atoms with Crippen molar-refractivity contribution in [2.75, 3.05) is 17.9 Å². The summed E-state index contributed by atoms with van der Waals surface area (Å²) in [5.41, 5.74) is 0.690. The molecule has 0 atom stereocenters. The van der Waals surface area contributed by atoms with Crippen LogP contribution < -0.4 is 9.46 Å². The lowest BCUT2D eigenvalue weighted by Gasteiger charge is -2.23. The van der Waals surface area contributed by atoms with Crippen LogP contribution in [0.1, 0.15) is 18.4 Å². The molecule has 3 rings (SSSR count). The van der Waals surface area contributed by atoms with Crippen molar-refractivity contribution in [1.29, 1.82) is 0 Å². The number of sulfonamides is 1. The molecule has 1 heterocycles. The number of nitrogens with one attached hydrogen (secondary N) is 1. The zero-order chi connectivity index (χ0) is 18.7. The molecular weight excluding hydrogens is 364 g/mol. The van der Waals surface area contributed by atoms with Crippen molar-refractivity contribution in [3.05, 3.63) is 53.6 Å². The van der Waals surface area contributed by atoms with Crippen molar-refractivity contribution in [1.82, 2.24) is 0 Å². The van der Waals surface area contributed by atoms with Crippen LogP contribution in [0, 0.1) is 18.6 Å². The second kappa shape index (κ2) is 7.59. The minimum absolute atomic E-state index is 0.00597. The molecular formula is C18H19F2NO4S. The number of halogens is 2. The Balaban J connectivity index is 1.79. The monoisotopic (exact) mass is 383 g/mol. The summed E-state index contributed by atoms with van der Waals surface area (Å²) >= 11 is 0. The highest BCUT2D eigenvalue weighted by Crippen LogP contribution is 2.29. The van der Waals surface area contributed by atoms with Crippen LogP contribution in [0.25, 0.3) is 0 Å². The molecule has 0 spiro atoms. The van der Waals surface area contributed by atoms with Crippen LogP contribution in [0.2, 0.25) is 0 Å². The van der Waals surface area contributed by atoms with Crippen LogP contribution in [0.15, 0.2) is 41.3 Å². The van der Waals surface area contributed by atoms with E-state index >= 15 is 0 Å². The molecule has 0 bridgehead atoms. The first-order valence-corrected chi connectivity index (χ1v) is 9.66. The molecule has 0 aliphatic carbocycles. The Morgan fingerprint density at radius 2 is 1.65 bits per heavy atom. The molecule has 0 unspecified atom stereocenters. The van der Waals surface area contributed by atoms with Crippen LogP contribution in [0.3, 0.4) is 0 Å². The van der Waals surface area contributed by atoms with Gasteiger partial charge in [-0.15, -0.1) is 0 Å². The molecule has 0 saturated carbocycles. The van der Waals surface area contributed by atoms with Gasteiger partial charge >= 0.3 is 0 Å². The van der Waals surface area contributed by atoms with Crippen molar-refractivity contribution in [3.8, 4) is 5.75 Å². The summed E-state index contributed by atoms with van der Waals surface area (Å²) in [6, 6.07) is 7.94. The molecule has 1 saturated heterocycles. The van der Waals surface area contributed by atoms with Crippen molar-refractivity contribution in [3.63, 3.8) is 0 Å². The zero-order valence-corrected chi connectivity index (χ0v) is 15.0. The van der Waals surface area contributed by atoms with E-state index in [9.17, 15) is 17.2 Å². The minimum atomic E-state index is -3.94. The number of aryl methyl sites for hydroxylation is 1. The summed E-state index contributed by atoms with van der Waals surface area (Å²) < 4.78 is 66.0. The van der Waals surface area contributed by atoms with Gasteiger partial charge in [0.2, 0.25) is 0 Å². The molecule has 1 fully saturated rings. The molecule has 1 N–H and O–H groups in total. The lowest BCUT2D eigenvalue weighted by atomic mass is 10.1. The summed E-state index contributed by atoms with van der Waals surface area (Å²) in [5.74, 6) is -2.42. The third-order valence-electron chi connectivity index (χ3n) is 4.03. The number of rotatable bonds is 5. The molecule has 0 aromatic heterocycles. The fourth-order valence-corrected chi connectivity index (χ4v) is 3.66. The van der Waals surface area contributed by atoms with Gasteiger partial charge in [0.15, 0.2) is 17.4 Å². The molecule has 2 aromatic rings. The average Bonchev–Trinajstić information content (AvgIpc) is 2.59. The highest BCUT2D eigenvalue weighted by molar-refractivity contribution is 7.92. The molecule has 1 aliphatic heterocycles. The van der Waals surface area contributed by atoms with Gasteiger partial charge < -0.3 is 9.47 Å². The Morgan fingerprint density at radius 3 is 2.23 bits per heavy atom. The standard InChI is InChI=1S/C18H19F2NO4S/c1-12-2-4-15(5-3-12)26(22,23)21-13-10-16(19)18(17(20)11-13)25-14-6-8-24-9-7-14/h2-5,10-11,14,21H,6-9H2,1H3.